The molecule has 0 aliphatic carbocycles. The summed E-state index contributed by atoms with van der Waals surface area (Å²) in [6.07, 6.45) is 2.41. The first-order chi connectivity index (χ1) is 10.1. The molecule has 0 aliphatic rings. The van der Waals surface area contributed by atoms with Crippen LogP contribution in [0.2, 0.25) is 0 Å². The number of carboxylic acids is 1. The first-order valence-corrected chi connectivity index (χ1v) is 5.88. The quantitative estimate of drug-likeness (QED) is 0.581. The summed E-state index contributed by atoms with van der Waals surface area (Å²) in [6.45, 7) is 0. The van der Waals surface area contributed by atoms with Gasteiger partial charge < -0.3 is 15.2 Å². The molecule has 3 aromatic rings. The van der Waals surface area contributed by atoms with Gasteiger partial charge in [-0.25, -0.2) is 9.78 Å². The van der Waals surface area contributed by atoms with Gasteiger partial charge >= 0.3 is 11.8 Å². The zero-order valence-electron chi connectivity index (χ0n) is 10.5. The standard InChI is InChI=1S/C13H8N4O4/c18-13(19)9-5-11(15-10-4-2-1-3-8(9)10)16-6-12(14-7-16)17(20)21/h1-7H,(H,18,19). The highest BCUT2D eigenvalue weighted by Gasteiger charge is 2.15. The molecule has 3 rings (SSSR count). The third-order valence-corrected chi connectivity index (χ3v) is 2.95. The normalized spacial score (nSPS) is 10.7. The Hall–Kier alpha value is -3.29. The fraction of sp³-hybridized carbons (Fsp3) is 0. The lowest BCUT2D eigenvalue weighted by Crippen LogP contribution is -2.03. The molecule has 0 bridgehead atoms. The van der Waals surface area contributed by atoms with E-state index < -0.39 is 10.9 Å². The second kappa shape index (κ2) is 4.67. The number of para-hydroxylation sites is 1. The Bertz CT molecular complexity index is 871. The molecule has 0 spiro atoms. The molecule has 0 saturated heterocycles. The summed E-state index contributed by atoms with van der Waals surface area (Å²) in [5, 5.41) is 20.4. The molecule has 8 heteroatoms. The molecular formula is C13H8N4O4. The predicted molar refractivity (Wildman–Crippen MR) is 72.5 cm³/mol. The lowest BCUT2D eigenvalue weighted by atomic mass is 10.1. The molecule has 0 saturated carbocycles. The van der Waals surface area contributed by atoms with Gasteiger partial charge in [-0.15, -0.1) is 0 Å². The van der Waals surface area contributed by atoms with Crippen LogP contribution in [0, 0.1) is 10.1 Å². The van der Waals surface area contributed by atoms with Gasteiger partial charge in [-0.1, -0.05) is 18.2 Å². The van der Waals surface area contributed by atoms with Gasteiger partial charge in [0, 0.05) is 5.39 Å². The summed E-state index contributed by atoms with van der Waals surface area (Å²) in [6, 6.07) is 8.15. The van der Waals surface area contributed by atoms with Crippen molar-refractivity contribution in [1.82, 2.24) is 14.5 Å². The van der Waals surface area contributed by atoms with E-state index in [9.17, 15) is 20.0 Å². The van der Waals surface area contributed by atoms with Crippen LogP contribution in [0.3, 0.4) is 0 Å². The third-order valence-electron chi connectivity index (χ3n) is 2.95. The predicted octanol–water partition coefficient (Wildman–Crippen LogP) is 2.03. The van der Waals surface area contributed by atoms with Crippen molar-refractivity contribution in [3.63, 3.8) is 0 Å². The van der Waals surface area contributed by atoms with E-state index in [0.29, 0.717) is 10.9 Å². The molecule has 1 N–H and O–H groups in total. The van der Waals surface area contributed by atoms with E-state index in [4.69, 9.17) is 0 Å². The van der Waals surface area contributed by atoms with Crippen LogP contribution < -0.4 is 0 Å². The number of carboxylic acid groups (broad SMARTS) is 1. The first kappa shape index (κ1) is 12.7. The van der Waals surface area contributed by atoms with Crippen molar-refractivity contribution in [2.45, 2.75) is 0 Å². The number of nitro groups is 1. The molecule has 8 nitrogen and oxygen atoms in total. The van der Waals surface area contributed by atoms with Crippen molar-refractivity contribution >= 4 is 22.7 Å². The highest BCUT2D eigenvalue weighted by Crippen LogP contribution is 2.21. The van der Waals surface area contributed by atoms with Crippen LogP contribution in [0.5, 0.6) is 0 Å². The Labute approximate surface area is 117 Å². The van der Waals surface area contributed by atoms with Gasteiger partial charge in [-0.2, -0.15) is 0 Å². The van der Waals surface area contributed by atoms with Crippen LogP contribution in [-0.4, -0.2) is 30.5 Å². The molecule has 104 valence electrons. The summed E-state index contributed by atoms with van der Waals surface area (Å²) in [4.78, 5) is 29.3. The number of aromatic carboxylic acids is 1. The maximum atomic E-state index is 11.4. The fourth-order valence-electron chi connectivity index (χ4n) is 2.00. The number of carbonyl (C=O) groups is 1. The van der Waals surface area contributed by atoms with Gasteiger partial charge in [0.2, 0.25) is 6.33 Å². The van der Waals surface area contributed by atoms with Crippen LogP contribution in [0.15, 0.2) is 42.9 Å². The maximum Gasteiger partial charge on any atom is 0.381 e. The lowest BCUT2D eigenvalue weighted by molar-refractivity contribution is -0.389. The SMILES string of the molecule is O=C(O)c1cc(-n2cnc([N+](=O)[O-])c2)nc2ccccc12. The molecule has 0 fully saturated rings. The van der Waals surface area contributed by atoms with Gasteiger partial charge in [-0.3, -0.25) is 4.57 Å². The summed E-state index contributed by atoms with van der Waals surface area (Å²) in [5.41, 5.74) is 0.565. The average Bonchev–Trinajstić information content (AvgIpc) is 2.96. The topological polar surface area (TPSA) is 111 Å². The fourth-order valence-corrected chi connectivity index (χ4v) is 2.00. The number of fused-ring (bicyclic) bond motifs is 1. The zero-order valence-corrected chi connectivity index (χ0v) is 10.5. The minimum atomic E-state index is -1.09. The molecule has 0 radical (unpaired) electrons. The van der Waals surface area contributed by atoms with Gasteiger partial charge in [0.05, 0.1) is 11.1 Å². The summed E-state index contributed by atoms with van der Waals surface area (Å²) < 4.78 is 1.32. The molecule has 1 aromatic carbocycles. The third kappa shape index (κ3) is 2.18. The minimum Gasteiger partial charge on any atom is -0.478 e. The van der Waals surface area contributed by atoms with E-state index in [1.807, 2.05) is 0 Å². The summed E-state index contributed by atoms with van der Waals surface area (Å²) >= 11 is 0. The molecule has 0 unspecified atom stereocenters. The number of rotatable bonds is 3. The van der Waals surface area contributed by atoms with E-state index in [1.165, 1.54) is 23.2 Å². The van der Waals surface area contributed by atoms with E-state index in [-0.39, 0.29) is 17.2 Å². The van der Waals surface area contributed by atoms with Crippen molar-refractivity contribution in [3.8, 4) is 5.82 Å². The molecule has 2 heterocycles. The Morgan fingerprint density at radius 3 is 2.76 bits per heavy atom. The first-order valence-electron chi connectivity index (χ1n) is 5.88. The Morgan fingerprint density at radius 2 is 2.10 bits per heavy atom. The van der Waals surface area contributed by atoms with Crippen LogP contribution in [0.4, 0.5) is 5.82 Å². The van der Waals surface area contributed by atoms with E-state index >= 15 is 0 Å². The Morgan fingerprint density at radius 1 is 1.33 bits per heavy atom. The van der Waals surface area contributed by atoms with Crippen LogP contribution >= 0.6 is 0 Å². The second-order valence-electron chi connectivity index (χ2n) is 4.25. The molecule has 21 heavy (non-hydrogen) atoms. The highest BCUT2D eigenvalue weighted by molar-refractivity contribution is 6.02. The number of hydrogen-bond donors (Lipinski definition) is 1. The zero-order chi connectivity index (χ0) is 15.0. The van der Waals surface area contributed by atoms with E-state index in [0.717, 1.165) is 0 Å². The van der Waals surface area contributed by atoms with Crippen molar-refractivity contribution in [2.24, 2.45) is 0 Å². The molecule has 2 aromatic heterocycles. The summed E-state index contributed by atoms with van der Waals surface area (Å²) in [7, 11) is 0. The Kier molecular flexibility index (Phi) is 2.83. The van der Waals surface area contributed by atoms with Crippen LogP contribution in [-0.2, 0) is 0 Å². The number of aromatic nitrogens is 3. The number of hydrogen-bond acceptors (Lipinski definition) is 5. The summed E-state index contributed by atoms with van der Waals surface area (Å²) in [5.74, 6) is -1.17. The van der Waals surface area contributed by atoms with Crippen molar-refractivity contribution in [2.75, 3.05) is 0 Å². The second-order valence-corrected chi connectivity index (χ2v) is 4.25. The van der Waals surface area contributed by atoms with Gasteiger partial charge in [0.1, 0.15) is 12.0 Å². The number of imidazole rings is 1. The Balaban J connectivity index is 2.23. The van der Waals surface area contributed by atoms with Crippen molar-refractivity contribution in [1.29, 1.82) is 0 Å². The maximum absolute atomic E-state index is 11.4. The smallest absolute Gasteiger partial charge is 0.381 e. The minimum absolute atomic E-state index is 0.0759. The lowest BCUT2D eigenvalue weighted by Gasteiger charge is -2.06. The van der Waals surface area contributed by atoms with Crippen LogP contribution in [0.25, 0.3) is 16.7 Å². The average molecular weight is 284 g/mol. The number of benzene rings is 1. The number of nitrogens with zero attached hydrogens (tertiary/aromatic N) is 4. The van der Waals surface area contributed by atoms with Gasteiger partial charge in [-0.05, 0) is 22.0 Å². The highest BCUT2D eigenvalue weighted by atomic mass is 16.6. The van der Waals surface area contributed by atoms with E-state index in [2.05, 4.69) is 9.97 Å². The van der Waals surface area contributed by atoms with Crippen molar-refractivity contribution < 1.29 is 14.8 Å². The molecule has 0 atom stereocenters. The molecular weight excluding hydrogens is 276 g/mol. The van der Waals surface area contributed by atoms with Gasteiger partial charge in [0.15, 0.2) is 0 Å². The van der Waals surface area contributed by atoms with Gasteiger partial charge in [0.25, 0.3) is 0 Å². The largest absolute Gasteiger partial charge is 0.478 e. The van der Waals surface area contributed by atoms with Crippen LogP contribution in [0.1, 0.15) is 10.4 Å². The molecule has 0 amide bonds. The molecule has 0 aliphatic heterocycles. The monoisotopic (exact) mass is 284 g/mol. The van der Waals surface area contributed by atoms with E-state index in [1.54, 1.807) is 24.3 Å². The van der Waals surface area contributed by atoms with Crippen molar-refractivity contribution in [3.05, 3.63) is 58.5 Å². The number of pyridine rings is 1.